The van der Waals surface area contributed by atoms with E-state index < -0.39 is 5.97 Å². The number of rotatable bonds is 6. The van der Waals surface area contributed by atoms with Gasteiger partial charge >= 0.3 is 5.97 Å². The first-order valence-corrected chi connectivity index (χ1v) is 9.23. The normalized spacial score (nSPS) is 11.0. The van der Waals surface area contributed by atoms with Crippen molar-refractivity contribution in [3.05, 3.63) is 93.0 Å². The first-order valence-electron chi connectivity index (χ1n) is 8.47. The number of nitrogens with zero attached hydrogens (tertiary/aromatic N) is 1. The van der Waals surface area contributed by atoms with Crippen molar-refractivity contribution >= 4 is 41.1 Å². The quantitative estimate of drug-likeness (QED) is 0.480. The minimum atomic E-state index is -0.958. The maximum absolute atomic E-state index is 10.9. The van der Waals surface area contributed by atoms with Gasteiger partial charge in [0.05, 0.1) is 11.3 Å². The molecular weight excluding hydrogens is 397 g/mol. The van der Waals surface area contributed by atoms with Gasteiger partial charge in [-0.05, 0) is 60.5 Å². The van der Waals surface area contributed by atoms with Crippen molar-refractivity contribution in [3.8, 4) is 5.75 Å². The van der Waals surface area contributed by atoms with E-state index in [9.17, 15) is 4.79 Å². The molecule has 142 valence electrons. The van der Waals surface area contributed by atoms with Gasteiger partial charge in [-0.1, -0.05) is 41.4 Å². The van der Waals surface area contributed by atoms with Gasteiger partial charge in [0.1, 0.15) is 12.4 Å². The SMILES string of the molecule is Cc1ccc(N=Cc2cc(Cl)ccc2OCc2ccc(C(=O)O)cc2)cc1Cl. The zero-order valence-corrected chi connectivity index (χ0v) is 16.5. The number of aliphatic imine (C=N–C) groups is 1. The summed E-state index contributed by atoms with van der Waals surface area (Å²) in [6, 6.07) is 17.4. The summed E-state index contributed by atoms with van der Waals surface area (Å²) in [5.41, 5.74) is 3.53. The Kier molecular flexibility index (Phi) is 6.34. The Hall–Kier alpha value is -2.82. The standard InChI is InChI=1S/C22H17Cl2NO3/c1-14-2-8-19(11-20(14)24)25-12-17-10-18(23)7-9-21(17)28-13-15-3-5-16(6-4-15)22(26)27/h2-12H,13H2,1H3,(H,26,27). The lowest BCUT2D eigenvalue weighted by molar-refractivity contribution is 0.0697. The smallest absolute Gasteiger partial charge is 0.335 e. The van der Waals surface area contributed by atoms with Crippen LogP contribution in [-0.4, -0.2) is 17.3 Å². The summed E-state index contributed by atoms with van der Waals surface area (Å²) in [5, 5.41) is 10.2. The van der Waals surface area contributed by atoms with E-state index in [1.54, 1.807) is 54.7 Å². The Bertz CT molecular complexity index is 1030. The fraction of sp³-hybridized carbons (Fsp3) is 0.0909. The van der Waals surface area contributed by atoms with E-state index in [0.717, 1.165) is 22.4 Å². The summed E-state index contributed by atoms with van der Waals surface area (Å²) < 4.78 is 5.89. The van der Waals surface area contributed by atoms with Crippen LogP contribution in [0.15, 0.2) is 65.7 Å². The maximum atomic E-state index is 10.9. The first kappa shape index (κ1) is 19.9. The zero-order valence-electron chi connectivity index (χ0n) is 15.0. The molecule has 0 aliphatic rings. The second kappa shape index (κ2) is 8.91. The first-order chi connectivity index (χ1) is 13.4. The number of carbonyl (C=O) groups is 1. The summed E-state index contributed by atoms with van der Waals surface area (Å²) in [5.74, 6) is -0.339. The molecule has 28 heavy (non-hydrogen) atoms. The van der Waals surface area contributed by atoms with Gasteiger partial charge in [-0.3, -0.25) is 4.99 Å². The van der Waals surface area contributed by atoms with Crippen LogP contribution in [0.4, 0.5) is 5.69 Å². The van der Waals surface area contributed by atoms with Gasteiger partial charge in [-0.25, -0.2) is 4.79 Å². The third kappa shape index (κ3) is 5.12. The van der Waals surface area contributed by atoms with Crippen LogP contribution in [-0.2, 0) is 6.61 Å². The molecular formula is C22H17Cl2NO3. The van der Waals surface area contributed by atoms with Crippen molar-refractivity contribution in [2.45, 2.75) is 13.5 Å². The molecule has 0 saturated heterocycles. The predicted molar refractivity (Wildman–Crippen MR) is 113 cm³/mol. The minimum absolute atomic E-state index is 0.236. The topological polar surface area (TPSA) is 58.9 Å². The van der Waals surface area contributed by atoms with E-state index in [1.807, 2.05) is 19.1 Å². The largest absolute Gasteiger partial charge is 0.488 e. The van der Waals surface area contributed by atoms with Crippen LogP contribution in [0.1, 0.15) is 27.0 Å². The molecule has 3 aromatic rings. The highest BCUT2D eigenvalue weighted by Crippen LogP contribution is 2.25. The number of carboxylic acid groups (broad SMARTS) is 1. The summed E-state index contributed by atoms with van der Waals surface area (Å²) in [6.07, 6.45) is 1.68. The van der Waals surface area contributed by atoms with Crippen molar-refractivity contribution < 1.29 is 14.6 Å². The molecule has 0 bridgehead atoms. The number of carboxylic acids is 1. The van der Waals surface area contributed by atoms with Crippen LogP contribution in [0.3, 0.4) is 0 Å². The molecule has 0 aromatic heterocycles. The molecule has 0 fully saturated rings. The number of ether oxygens (including phenoxy) is 1. The Morgan fingerprint density at radius 3 is 2.50 bits per heavy atom. The Morgan fingerprint density at radius 2 is 1.82 bits per heavy atom. The summed E-state index contributed by atoms with van der Waals surface area (Å²) >= 11 is 12.3. The Morgan fingerprint density at radius 1 is 1.07 bits per heavy atom. The minimum Gasteiger partial charge on any atom is -0.488 e. The lowest BCUT2D eigenvalue weighted by Gasteiger charge is -2.10. The molecule has 0 spiro atoms. The van der Waals surface area contributed by atoms with Crippen molar-refractivity contribution in [1.82, 2.24) is 0 Å². The van der Waals surface area contributed by atoms with E-state index in [4.69, 9.17) is 33.0 Å². The molecule has 0 aliphatic carbocycles. The Labute approximate surface area is 173 Å². The van der Waals surface area contributed by atoms with Crippen molar-refractivity contribution in [1.29, 1.82) is 0 Å². The molecule has 3 rings (SSSR count). The third-order valence-electron chi connectivity index (χ3n) is 4.08. The second-order valence-corrected chi connectivity index (χ2v) is 7.01. The number of benzene rings is 3. The predicted octanol–water partition coefficient (Wildman–Crippen LogP) is 6.33. The molecule has 6 heteroatoms. The van der Waals surface area contributed by atoms with Crippen LogP contribution in [0.5, 0.6) is 5.75 Å². The van der Waals surface area contributed by atoms with Crippen molar-refractivity contribution in [2.75, 3.05) is 0 Å². The zero-order chi connectivity index (χ0) is 20.1. The monoisotopic (exact) mass is 413 g/mol. The molecule has 3 aromatic carbocycles. The average Bonchev–Trinajstić information content (AvgIpc) is 2.68. The molecule has 0 heterocycles. The molecule has 1 N–H and O–H groups in total. The molecule has 0 unspecified atom stereocenters. The van der Waals surface area contributed by atoms with E-state index in [-0.39, 0.29) is 5.56 Å². The van der Waals surface area contributed by atoms with Crippen molar-refractivity contribution in [3.63, 3.8) is 0 Å². The Balaban J connectivity index is 1.77. The van der Waals surface area contributed by atoms with Crippen LogP contribution < -0.4 is 4.74 Å². The summed E-state index contributed by atoms with van der Waals surface area (Å²) in [6.45, 7) is 2.22. The molecule has 0 radical (unpaired) electrons. The summed E-state index contributed by atoms with van der Waals surface area (Å²) in [4.78, 5) is 15.4. The van der Waals surface area contributed by atoms with Gasteiger partial charge < -0.3 is 9.84 Å². The number of halogens is 2. The molecule has 0 atom stereocenters. The van der Waals surface area contributed by atoms with Crippen molar-refractivity contribution in [2.24, 2.45) is 4.99 Å². The highest BCUT2D eigenvalue weighted by atomic mass is 35.5. The number of aromatic carboxylic acids is 1. The van der Waals surface area contributed by atoms with E-state index in [0.29, 0.717) is 22.4 Å². The molecule has 0 aliphatic heterocycles. The van der Waals surface area contributed by atoms with E-state index in [1.165, 1.54) is 0 Å². The fourth-order valence-corrected chi connectivity index (χ4v) is 2.82. The number of aryl methyl sites for hydroxylation is 1. The van der Waals surface area contributed by atoms with Gasteiger partial charge in [-0.15, -0.1) is 0 Å². The van der Waals surface area contributed by atoms with Crippen LogP contribution in [0, 0.1) is 6.92 Å². The van der Waals surface area contributed by atoms with Crippen LogP contribution in [0.2, 0.25) is 10.0 Å². The van der Waals surface area contributed by atoms with Gasteiger partial charge in [0.2, 0.25) is 0 Å². The van der Waals surface area contributed by atoms with Gasteiger partial charge in [-0.2, -0.15) is 0 Å². The lowest BCUT2D eigenvalue weighted by atomic mass is 10.1. The molecule has 4 nitrogen and oxygen atoms in total. The van der Waals surface area contributed by atoms with E-state index in [2.05, 4.69) is 4.99 Å². The highest BCUT2D eigenvalue weighted by molar-refractivity contribution is 6.31. The molecule has 0 saturated carbocycles. The van der Waals surface area contributed by atoms with Gasteiger partial charge in [0.15, 0.2) is 0 Å². The number of hydrogen-bond donors (Lipinski definition) is 1. The van der Waals surface area contributed by atoms with Crippen LogP contribution in [0.25, 0.3) is 0 Å². The van der Waals surface area contributed by atoms with Crippen LogP contribution >= 0.6 is 23.2 Å². The van der Waals surface area contributed by atoms with Gasteiger partial charge in [0, 0.05) is 21.8 Å². The average molecular weight is 414 g/mol. The third-order valence-corrected chi connectivity index (χ3v) is 4.72. The van der Waals surface area contributed by atoms with E-state index >= 15 is 0 Å². The number of hydrogen-bond acceptors (Lipinski definition) is 3. The second-order valence-electron chi connectivity index (χ2n) is 6.16. The van der Waals surface area contributed by atoms with Gasteiger partial charge in [0.25, 0.3) is 0 Å². The molecule has 0 amide bonds. The lowest BCUT2D eigenvalue weighted by Crippen LogP contribution is -2.00. The fourth-order valence-electron chi connectivity index (χ4n) is 2.46. The highest BCUT2D eigenvalue weighted by Gasteiger charge is 2.06. The maximum Gasteiger partial charge on any atom is 0.335 e. The summed E-state index contributed by atoms with van der Waals surface area (Å²) in [7, 11) is 0.